The second-order valence-electron chi connectivity index (χ2n) is 11.6. The number of methoxy groups -OCH3 is 1. The summed E-state index contributed by atoms with van der Waals surface area (Å²) in [4.78, 5) is 29.0. The summed E-state index contributed by atoms with van der Waals surface area (Å²) >= 11 is 0. The number of nitrogens with one attached hydrogen (secondary N) is 1. The molecule has 0 aliphatic rings. The SMILES string of the molecule is CC(C)(C)c1ccc(Oc2ccc3cc(C(=O)N[C@H](C=O)Cc4ccc(-c5ccc(F)c(O)c5)cc4)ncc3c2)cc1.COC. The Bertz CT molecular complexity index is 1760. The first kappa shape index (κ1) is 32.8. The zero-order valence-electron chi connectivity index (χ0n) is 26.0. The highest BCUT2D eigenvalue weighted by atomic mass is 19.1. The molecule has 7 nitrogen and oxygen atoms in total. The number of phenolic OH excluding ortho intramolecular Hbond substituents is 1. The molecule has 8 heteroatoms. The molecule has 232 valence electrons. The van der Waals surface area contributed by atoms with Gasteiger partial charge in [0.2, 0.25) is 0 Å². The van der Waals surface area contributed by atoms with Gasteiger partial charge in [-0.3, -0.25) is 9.78 Å². The second kappa shape index (κ2) is 14.6. The Hall–Kier alpha value is -5.08. The first-order chi connectivity index (χ1) is 21.5. The number of phenols is 1. The van der Waals surface area contributed by atoms with E-state index in [1.165, 1.54) is 17.7 Å². The Labute approximate surface area is 262 Å². The number of aldehydes is 1. The number of fused-ring (bicyclic) bond motifs is 1. The number of aromatic nitrogens is 1. The number of benzene rings is 4. The Morgan fingerprint density at radius 3 is 2.16 bits per heavy atom. The summed E-state index contributed by atoms with van der Waals surface area (Å²) in [6.07, 6.45) is 2.60. The van der Waals surface area contributed by atoms with Crippen LogP contribution < -0.4 is 10.1 Å². The summed E-state index contributed by atoms with van der Waals surface area (Å²) in [7, 11) is 3.25. The lowest BCUT2D eigenvalue weighted by Crippen LogP contribution is -2.38. The lowest BCUT2D eigenvalue weighted by atomic mass is 9.87. The number of carbonyl (C=O) groups is 2. The maximum Gasteiger partial charge on any atom is 0.270 e. The molecule has 0 radical (unpaired) electrons. The number of nitrogens with zero attached hydrogens (tertiary/aromatic N) is 1. The molecule has 0 saturated carbocycles. The van der Waals surface area contributed by atoms with E-state index in [0.29, 0.717) is 17.6 Å². The van der Waals surface area contributed by atoms with Gasteiger partial charge < -0.3 is 24.7 Å². The molecular weight excluding hydrogens is 571 g/mol. The zero-order valence-corrected chi connectivity index (χ0v) is 26.0. The van der Waals surface area contributed by atoms with E-state index in [-0.39, 0.29) is 17.5 Å². The number of hydrogen-bond donors (Lipinski definition) is 2. The van der Waals surface area contributed by atoms with Gasteiger partial charge in [-0.25, -0.2) is 4.39 Å². The molecule has 1 heterocycles. The van der Waals surface area contributed by atoms with Gasteiger partial charge >= 0.3 is 0 Å². The first-order valence-electron chi connectivity index (χ1n) is 14.4. The molecule has 0 aliphatic carbocycles. The topological polar surface area (TPSA) is 97.8 Å². The minimum atomic E-state index is -0.754. The van der Waals surface area contributed by atoms with Crippen LogP contribution in [0.4, 0.5) is 4.39 Å². The van der Waals surface area contributed by atoms with Crippen molar-refractivity contribution in [2.24, 2.45) is 0 Å². The Balaban J connectivity index is 0.00000148. The third kappa shape index (κ3) is 8.74. The Morgan fingerprint density at radius 2 is 1.53 bits per heavy atom. The third-order valence-corrected chi connectivity index (χ3v) is 7.05. The number of carbonyl (C=O) groups excluding carboxylic acids is 2. The van der Waals surface area contributed by atoms with Gasteiger partial charge in [0.15, 0.2) is 11.6 Å². The molecule has 0 aliphatic heterocycles. The normalized spacial score (nSPS) is 11.7. The van der Waals surface area contributed by atoms with E-state index in [9.17, 15) is 19.1 Å². The summed E-state index contributed by atoms with van der Waals surface area (Å²) in [5, 5.41) is 14.0. The molecule has 0 spiro atoms. The number of amides is 1. The molecule has 1 amide bonds. The maximum atomic E-state index is 13.4. The molecule has 1 atom stereocenters. The van der Waals surface area contributed by atoms with Crippen LogP contribution in [0.3, 0.4) is 0 Å². The molecule has 2 N–H and O–H groups in total. The van der Waals surface area contributed by atoms with Crippen LogP contribution >= 0.6 is 0 Å². The number of hydrogen-bond acceptors (Lipinski definition) is 6. The second-order valence-corrected chi connectivity index (χ2v) is 11.6. The Kier molecular flexibility index (Phi) is 10.6. The van der Waals surface area contributed by atoms with Crippen LogP contribution in [0.2, 0.25) is 0 Å². The van der Waals surface area contributed by atoms with Crippen molar-refractivity contribution >= 4 is 23.0 Å². The van der Waals surface area contributed by atoms with Gasteiger partial charge in [-0.05, 0) is 81.9 Å². The average molecular weight is 609 g/mol. The van der Waals surface area contributed by atoms with Gasteiger partial charge in [-0.15, -0.1) is 0 Å². The fourth-order valence-corrected chi connectivity index (χ4v) is 4.62. The summed E-state index contributed by atoms with van der Waals surface area (Å²) < 4.78 is 23.6. The van der Waals surface area contributed by atoms with Gasteiger partial charge in [-0.2, -0.15) is 0 Å². The number of ether oxygens (including phenoxy) is 2. The van der Waals surface area contributed by atoms with Crippen LogP contribution in [0, 0.1) is 5.82 Å². The van der Waals surface area contributed by atoms with Crippen molar-refractivity contribution < 1.29 is 28.6 Å². The molecule has 0 saturated heterocycles. The fraction of sp³-hybridized carbons (Fsp3) is 0.216. The van der Waals surface area contributed by atoms with E-state index in [4.69, 9.17) is 4.74 Å². The highest BCUT2D eigenvalue weighted by molar-refractivity contribution is 5.97. The van der Waals surface area contributed by atoms with Gasteiger partial charge in [0.05, 0.1) is 6.04 Å². The molecule has 5 aromatic rings. The van der Waals surface area contributed by atoms with Crippen molar-refractivity contribution in [2.75, 3.05) is 14.2 Å². The van der Waals surface area contributed by atoms with Crippen LogP contribution in [0.25, 0.3) is 21.9 Å². The van der Waals surface area contributed by atoms with E-state index < -0.39 is 23.5 Å². The molecule has 0 fully saturated rings. The number of halogens is 1. The van der Waals surface area contributed by atoms with E-state index in [2.05, 4.69) is 47.9 Å². The lowest BCUT2D eigenvalue weighted by molar-refractivity contribution is -0.109. The van der Waals surface area contributed by atoms with Crippen molar-refractivity contribution in [3.05, 3.63) is 120 Å². The van der Waals surface area contributed by atoms with Crippen LogP contribution in [-0.4, -0.2) is 42.5 Å². The molecule has 45 heavy (non-hydrogen) atoms. The van der Waals surface area contributed by atoms with Crippen molar-refractivity contribution in [3.63, 3.8) is 0 Å². The van der Waals surface area contributed by atoms with Crippen LogP contribution in [-0.2, 0) is 21.4 Å². The minimum absolute atomic E-state index is 0.0625. The highest BCUT2D eigenvalue weighted by Crippen LogP contribution is 2.29. The first-order valence-corrected chi connectivity index (χ1v) is 14.4. The van der Waals surface area contributed by atoms with E-state index >= 15 is 0 Å². The molecule has 5 rings (SSSR count). The average Bonchev–Trinajstić information content (AvgIpc) is 3.02. The standard InChI is InChI=1S/C35H31FN2O4.C2H6O/c1-35(2,3)27-10-13-29(14-11-27)42-30-12-8-24-18-32(37-20-26(24)17-30)34(41)38-28(21-39)16-22-4-6-23(7-5-22)25-9-15-31(36)33(40)19-25;1-3-2/h4-15,17-21,28,40H,16H2,1-3H3,(H,38,41);1-2H3/t28-;/m0./s1. The van der Waals surface area contributed by atoms with Gasteiger partial charge in [0, 0.05) is 25.8 Å². The van der Waals surface area contributed by atoms with Crippen LogP contribution in [0.5, 0.6) is 17.2 Å². The van der Waals surface area contributed by atoms with Crippen molar-refractivity contribution in [2.45, 2.75) is 38.6 Å². The van der Waals surface area contributed by atoms with Gasteiger partial charge in [0.25, 0.3) is 5.91 Å². The van der Waals surface area contributed by atoms with Crippen molar-refractivity contribution in [1.82, 2.24) is 10.3 Å². The lowest BCUT2D eigenvalue weighted by Gasteiger charge is -2.19. The molecule has 0 bridgehead atoms. The zero-order chi connectivity index (χ0) is 32.6. The van der Waals surface area contributed by atoms with Gasteiger partial charge in [-0.1, -0.05) is 69.3 Å². The molecular formula is C37H37FN2O5. The minimum Gasteiger partial charge on any atom is -0.505 e. The number of rotatable bonds is 8. The molecule has 4 aromatic carbocycles. The van der Waals surface area contributed by atoms with E-state index in [0.717, 1.165) is 27.6 Å². The van der Waals surface area contributed by atoms with Crippen molar-refractivity contribution in [1.29, 1.82) is 0 Å². The van der Waals surface area contributed by atoms with Crippen LogP contribution in [0.1, 0.15) is 42.4 Å². The predicted molar refractivity (Wildman–Crippen MR) is 174 cm³/mol. The summed E-state index contributed by atoms with van der Waals surface area (Å²) in [6, 6.07) is 25.9. The Morgan fingerprint density at radius 1 is 0.889 bits per heavy atom. The fourth-order valence-electron chi connectivity index (χ4n) is 4.62. The largest absolute Gasteiger partial charge is 0.505 e. The quantitative estimate of drug-likeness (QED) is 0.176. The maximum absolute atomic E-state index is 13.4. The predicted octanol–water partition coefficient (Wildman–Crippen LogP) is 7.64. The highest BCUT2D eigenvalue weighted by Gasteiger charge is 2.16. The monoisotopic (exact) mass is 608 g/mol. The van der Waals surface area contributed by atoms with E-state index in [1.54, 1.807) is 32.5 Å². The third-order valence-electron chi connectivity index (χ3n) is 7.05. The van der Waals surface area contributed by atoms with Crippen molar-refractivity contribution in [3.8, 4) is 28.4 Å². The molecule has 0 unspecified atom stereocenters. The number of pyridine rings is 1. The van der Waals surface area contributed by atoms with Crippen LogP contribution in [0.15, 0.2) is 97.2 Å². The van der Waals surface area contributed by atoms with Gasteiger partial charge in [0.1, 0.15) is 23.5 Å². The smallest absolute Gasteiger partial charge is 0.270 e. The van der Waals surface area contributed by atoms with E-state index in [1.807, 2.05) is 54.6 Å². The summed E-state index contributed by atoms with van der Waals surface area (Å²) in [6.45, 7) is 6.49. The molecule has 1 aromatic heterocycles. The number of aromatic hydroxyl groups is 1. The summed E-state index contributed by atoms with van der Waals surface area (Å²) in [5.74, 6) is -0.161. The summed E-state index contributed by atoms with van der Waals surface area (Å²) in [5.41, 5.74) is 3.76.